The normalized spacial score (nSPS) is 13.4. The number of hydrogen-bond donors (Lipinski definition) is 1. The van der Waals surface area contributed by atoms with Crippen molar-refractivity contribution in [2.75, 3.05) is 23.0 Å². The van der Waals surface area contributed by atoms with Gasteiger partial charge in [-0.2, -0.15) is 0 Å². The zero-order chi connectivity index (χ0) is 18.2. The van der Waals surface area contributed by atoms with Crippen LogP contribution >= 0.6 is 0 Å². The van der Waals surface area contributed by atoms with Gasteiger partial charge >= 0.3 is 0 Å². The maximum Gasteiger partial charge on any atom is 0.255 e. The largest absolute Gasteiger partial charge is 0.322 e. The van der Waals surface area contributed by atoms with E-state index < -0.39 is 15.7 Å². The fraction of sp³-hybridized carbons (Fsp3) is 0.222. The van der Waals surface area contributed by atoms with Crippen molar-refractivity contribution in [2.45, 2.75) is 18.2 Å². The minimum absolute atomic E-state index is 0.0388. The van der Waals surface area contributed by atoms with Gasteiger partial charge in [0.15, 0.2) is 9.84 Å². The molecule has 0 unspecified atom stereocenters. The van der Waals surface area contributed by atoms with Gasteiger partial charge in [-0.1, -0.05) is 12.1 Å². The molecule has 2 amide bonds. The Morgan fingerprint density at radius 2 is 1.88 bits per heavy atom. The monoisotopic (exact) mass is 358 g/mol. The lowest BCUT2D eigenvalue weighted by atomic mass is 10.1. The predicted octanol–water partition coefficient (Wildman–Crippen LogP) is 2.25. The van der Waals surface area contributed by atoms with Crippen molar-refractivity contribution in [3.05, 3.63) is 53.6 Å². The van der Waals surface area contributed by atoms with Crippen molar-refractivity contribution in [1.29, 1.82) is 0 Å². The van der Waals surface area contributed by atoms with Crippen LogP contribution in [-0.4, -0.2) is 33.0 Å². The van der Waals surface area contributed by atoms with E-state index >= 15 is 0 Å². The highest BCUT2D eigenvalue weighted by atomic mass is 32.2. The molecule has 3 rings (SSSR count). The van der Waals surface area contributed by atoms with Gasteiger partial charge in [0, 0.05) is 36.7 Å². The van der Waals surface area contributed by atoms with Gasteiger partial charge < -0.3 is 10.2 Å². The Morgan fingerprint density at radius 1 is 1.12 bits per heavy atom. The van der Waals surface area contributed by atoms with E-state index in [-0.39, 0.29) is 16.4 Å². The van der Waals surface area contributed by atoms with E-state index in [1.807, 2.05) is 6.07 Å². The SMILES string of the molecule is CC(=O)N1CCc2ccc(NC(=O)c3cccc(S(C)(=O)=O)c3)cc21. The first-order valence-electron chi connectivity index (χ1n) is 7.78. The minimum Gasteiger partial charge on any atom is -0.322 e. The van der Waals surface area contributed by atoms with Crippen LogP contribution in [0, 0.1) is 0 Å². The molecule has 25 heavy (non-hydrogen) atoms. The molecule has 0 saturated heterocycles. The lowest BCUT2D eigenvalue weighted by molar-refractivity contribution is -0.116. The third-order valence-electron chi connectivity index (χ3n) is 4.14. The molecule has 6 nitrogen and oxygen atoms in total. The van der Waals surface area contributed by atoms with Crippen molar-refractivity contribution < 1.29 is 18.0 Å². The van der Waals surface area contributed by atoms with E-state index in [4.69, 9.17) is 0 Å². The van der Waals surface area contributed by atoms with E-state index in [1.165, 1.54) is 25.1 Å². The van der Waals surface area contributed by atoms with Crippen LogP contribution in [0.4, 0.5) is 11.4 Å². The Balaban J connectivity index is 1.85. The zero-order valence-corrected chi connectivity index (χ0v) is 14.8. The molecule has 7 heteroatoms. The van der Waals surface area contributed by atoms with Crippen molar-refractivity contribution in [3.8, 4) is 0 Å². The third-order valence-corrected chi connectivity index (χ3v) is 5.25. The van der Waals surface area contributed by atoms with Crippen LogP contribution in [-0.2, 0) is 21.1 Å². The number of fused-ring (bicyclic) bond motifs is 1. The molecule has 0 bridgehead atoms. The fourth-order valence-corrected chi connectivity index (χ4v) is 3.52. The van der Waals surface area contributed by atoms with Gasteiger partial charge in [-0.05, 0) is 42.3 Å². The van der Waals surface area contributed by atoms with Gasteiger partial charge in [0.05, 0.1) is 4.90 Å². The molecule has 1 aliphatic rings. The average molecular weight is 358 g/mol. The summed E-state index contributed by atoms with van der Waals surface area (Å²) < 4.78 is 23.2. The lowest BCUT2D eigenvalue weighted by Crippen LogP contribution is -2.25. The number of anilines is 2. The second-order valence-electron chi connectivity index (χ2n) is 6.02. The Hall–Kier alpha value is -2.67. The highest BCUT2D eigenvalue weighted by Gasteiger charge is 2.22. The molecule has 0 saturated carbocycles. The highest BCUT2D eigenvalue weighted by molar-refractivity contribution is 7.90. The molecule has 2 aromatic rings. The van der Waals surface area contributed by atoms with Crippen molar-refractivity contribution in [2.24, 2.45) is 0 Å². The summed E-state index contributed by atoms with van der Waals surface area (Å²) >= 11 is 0. The maximum atomic E-state index is 12.4. The molecule has 0 radical (unpaired) electrons. The fourth-order valence-electron chi connectivity index (χ4n) is 2.86. The van der Waals surface area contributed by atoms with Crippen LogP contribution in [0.1, 0.15) is 22.8 Å². The summed E-state index contributed by atoms with van der Waals surface area (Å²) in [5.41, 5.74) is 2.68. The standard InChI is InChI=1S/C18H18N2O4S/c1-12(21)20-9-8-13-6-7-15(11-17(13)20)19-18(22)14-4-3-5-16(10-14)25(2,23)24/h3-7,10-11H,8-9H2,1-2H3,(H,19,22). The number of carbonyl (C=O) groups is 2. The molecule has 0 fully saturated rings. The van der Waals surface area contributed by atoms with Gasteiger partial charge in [0.25, 0.3) is 5.91 Å². The number of rotatable bonds is 3. The Morgan fingerprint density at radius 3 is 2.56 bits per heavy atom. The number of benzene rings is 2. The Labute approximate surface area is 146 Å². The predicted molar refractivity (Wildman–Crippen MR) is 95.7 cm³/mol. The molecule has 0 spiro atoms. The molecule has 0 atom stereocenters. The van der Waals surface area contributed by atoms with Crippen LogP contribution in [0.15, 0.2) is 47.4 Å². The van der Waals surface area contributed by atoms with Crippen LogP contribution in [0.3, 0.4) is 0 Å². The van der Waals surface area contributed by atoms with Crippen LogP contribution < -0.4 is 10.2 Å². The summed E-state index contributed by atoms with van der Waals surface area (Å²) in [5.74, 6) is -0.444. The summed E-state index contributed by atoms with van der Waals surface area (Å²) in [6.07, 6.45) is 1.89. The second kappa shape index (κ2) is 6.33. The summed E-state index contributed by atoms with van der Waals surface area (Å²) in [5, 5.41) is 2.75. The maximum absolute atomic E-state index is 12.4. The quantitative estimate of drug-likeness (QED) is 0.912. The number of hydrogen-bond acceptors (Lipinski definition) is 4. The molecular weight excluding hydrogens is 340 g/mol. The third kappa shape index (κ3) is 3.56. The topological polar surface area (TPSA) is 83.6 Å². The molecule has 1 heterocycles. The first-order chi connectivity index (χ1) is 11.8. The van der Waals surface area contributed by atoms with Crippen LogP contribution in [0.2, 0.25) is 0 Å². The van der Waals surface area contributed by atoms with E-state index in [2.05, 4.69) is 5.32 Å². The van der Waals surface area contributed by atoms with Crippen molar-refractivity contribution in [3.63, 3.8) is 0 Å². The average Bonchev–Trinajstić information content (AvgIpc) is 2.97. The van der Waals surface area contributed by atoms with Crippen LogP contribution in [0.25, 0.3) is 0 Å². The molecule has 2 aromatic carbocycles. The number of nitrogens with one attached hydrogen (secondary N) is 1. The Kier molecular flexibility index (Phi) is 4.34. The van der Waals surface area contributed by atoms with Gasteiger partial charge in [-0.3, -0.25) is 9.59 Å². The second-order valence-corrected chi connectivity index (χ2v) is 8.03. The van der Waals surface area contributed by atoms with Crippen molar-refractivity contribution in [1.82, 2.24) is 0 Å². The molecule has 1 N–H and O–H groups in total. The summed E-state index contributed by atoms with van der Waals surface area (Å²) in [6.45, 7) is 2.15. The number of amides is 2. The van der Waals surface area contributed by atoms with Gasteiger partial charge in [-0.15, -0.1) is 0 Å². The summed E-state index contributed by atoms with van der Waals surface area (Å²) in [6, 6.07) is 11.3. The first kappa shape index (κ1) is 17.2. The molecular formula is C18H18N2O4S. The molecule has 0 aromatic heterocycles. The van der Waals surface area contributed by atoms with E-state index in [0.717, 1.165) is 23.9 Å². The van der Waals surface area contributed by atoms with Gasteiger partial charge in [-0.25, -0.2) is 8.42 Å². The first-order valence-corrected chi connectivity index (χ1v) is 9.67. The number of nitrogens with zero attached hydrogens (tertiary/aromatic N) is 1. The molecule has 130 valence electrons. The molecule has 1 aliphatic heterocycles. The van der Waals surface area contributed by atoms with Gasteiger partial charge in [0.2, 0.25) is 5.91 Å². The van der Waals surface area contributed by atoms with Crippen molar-refractivity contribution >= 4 is 33.0 Å². The lowest BCUT2D eigenvalue weighted by Gasteiger charge is -2.16. The number of carbonyl (C=O) groups excluding carboxylic acids is 2. The molecule has 0 aliphatic carbocycles. The van der Waals surface area contributed by atoms with E-state index in [1.54, 1.807) is 23.1 Å². The van der Waals surface area contributed by atoms with E-state index in [0.29, 0.717) is 12.2 Å². The summed E-state index contributed by atoms with van der Waals surface area (Å²) in [4.78, 5) is 25.9. The van der Waals surface area contributed by atoms with Gasteiger partial charge in [0.1, 0.15) is 0 Å². The smallest absolute Gasteiger partial charge is 0.255 e. The summed E-state index contributed by atoms with van der Waals surface area (Å²) in [7, 11) is -3.38. The highest BCUT2D eigenvalue weighted by Crippen LogP contribution is 2.31. The van der Waals surface area contributed by atoms with E-state index in [9.17, 15) is 18.0 Å². The Bertz CT molecular complexity index is 967. The minimum atomic E-state index is -3.38. The zero-order valence-electron chi connectivity index (χ0n) is 13.9. The van der Waals surface area contributed by atoms with Crippen LogP contribution in [0.5, 0.6) is 0 Å². The number of sulfone groups is 1.